The Kier molecular flexibility index (Phi) is 6.74. The molecule has 2 N–H and O–H groups in total. The van der Waals surface area contributed by atoms with Gasteiger partial charge in [0, 0.05) is 24.7 Å². The molecule has 0 aliphatic carbocycles. The molecule has 8 nitrogen and oxygen atoms in total. The highest BCUT2D eigenvalue weighted by Crippen LogP contribution is 2.13. The molecule has 138 valence electrons. The predicted molar refractivity (Wildman–Crippen MR) is 97.3 cm³/mol. The number of sulfone groups is 1. The summed E-state index contributed by atoms with van der Waals surface area (Å²) in [6.07, 6.45) is 2.61. The van der Waals surface area contributed by atoms with E-state index in [0.29, 0.717) is 18.9 Å². The van der Waals surface area contributed by atoms with E-state index in [1.54, 1.807) is 12.1 Å². The van der Waals surface area contributed by atoms with Gasteiger partial charge in [0.25, 0.3) is 5.69 Å². The summed E-state index contributed by atoms with van der Waals surface area (Å²) in [5.74, 6) is 0.905. The van der Waals surface area contributed by atoms with E-state index in [2.05, 4.69) is 22.5 Å². The number of nitro groups is 1. The van der Waals surface area contributed by atoms with E-state index in [4.69, 9.17) is 0 Å². The van der Waals surface area contributed by atoms with Gasteiger partial charge in [-0.15, -0.1) is 0 Å². The average Bonchev–Trinajstić information content (AvgIpc) is 2.91. The average molecular weight is 368 g/mol. The van der Waals surface area contributed by atoms with Gasteiger partial charge < -0.3 is 10.6 Å². The van der Waals surface area contributed by atoms with Crippen molar-refractivity contribution in [2.75, 3.05) is 18.1 Å². The highest BCUT2D eigenvalue weighted by atomic mass is 32.2. The number of hydrogen-bond acceptors (Lipinski definition) is 5. The second-order valence-electron chi connectivity index (χ2n) is 6.11. The van der Waals surface area contributed by atoms with Crippen LogP contribution in [0.5, 0.6) is 0 Å². The first-order valence-corrected chi connectivity index (χ1v) is 10.2. The van der Waals surface area contributed by atoms with Crippen LogP contribution in [-0.2, 0) is 16.4 Å². The van der Waals surface area contributed by atoms with Crippen molar-refractivity contribution in [1.82, 2.24) is 10.6 Å². The zero-order valence-electron chi connectivity index (χ0n) is 14.3. The van der Waals surface area contributed by atoms with E-state index in [0.717, 1.165) is 24.9 Å². The third kappa shape index (κ3) is 6.33. The van der Waals surface area contributed by atoms with E-state index < -0.39 is 14.8 Å². The molecule has 1 saturated heterocycles. The number of benzene rings is 1. The summed E-state index contributed by atoms with van der Waals surface area (Å²) in [5.41, 5.74) is 0.893. The summed E-state index contributed by atoms with van der Waals surface area (Å²) >= 11 is 0. The van der Waals surface area contributed by atoms with E-state index in [1.807, 2.05) is 0 Å². The van der Waals surface area contributed by atoms with Crippen LogP contribution in [0.4, 0.5) is 5.69 Å². The topological polar surface area (TPSA) is 114 Å². The van der Waals surface area contributed by atoms with Gasteiger partial charge in [0.05, 0.1) is 23.0 Å². The van der Waals surface area contributed by atoms with Crippen LogP contribution in [0.15, 0.2) is 29.3 Å². The lowest BCUT2D eigenvalue weighted by molar-refractivity contribution is -0.384. The Morgan fingerprint density at radius 2 is 2.08 bits per heavy atom. The van der Waals surface area contributed by atoms with Crippen LogP contribution < -0.4 is 10.6 Å². The van der Waals surface area contributed by atoms with Gasteiger partial charge in [0.2, 0.25) is 0 Å². The SMILES string of the molecule is CCCCNC(=NCc1ccc([N+](=O)[O-])cc1)NC1CCS(=O)(=O)C1. The fourth-order valence-electron chi connectivity index (χ4n) is 2.53. The van der Waals surface area contributed by atoms with Crippen LogP contribution >= 0.6 is 0 Å². The van der Waals surface area contributed by atoms with Crippen molar-refractivity contribution in [3.05, 3.63) is 39.9 Å². The molecule has 1 aliphatic rings. The first kappa shape index (κ1) is 19.2. The number of hydrogen-bond donors (Lipinski definition) is 2. The van der Waals surface area contributed by atoms with Crippen LogP contribution in [0.25, 0.3) is 0 Å². The Morgan fingerprint density at radius 1 is 1.36 bits per heavy atom. The minimum Gasteiger partial charge on any atom is -0.356 e. The molecule has 0 aromatic heterocycles. The Labute approximate surface area is 147 Å². The van der Waals surface area contributed by atoms with Crippen LogP contribution in [0.1, 0.15) is 31.7 Å². The lowest BCUT2D eigenvalue weighted by Gasteiger charge is -2.16. The molecule has 1 fully saturated rings. The molecule has 1 heterocycles. The number of nitro benzene ring substituents is 1. The molecule has 0 bridgehead atoms. The zero-order chi connectivity index (χ0) is 18.3. The summed E-state index contributed by atoms with van der Waals surface area (Å²) in [5, 5.41) is 17.1. The van der Waals surface area contributed by atoms with Crippen LogP contribution in [0, 0.1) is 10.1 Å². The maximum atomic E-state index is 11.6. The second-order valence-corrected chi connectivity index (χ2v) is 8.34. The predicted octanol–water partition coefficient (Wildman–Crippen LogP) is 1.62. The number of nitrogens with zero attached hydrogens (tertiary/aromatic N) is 2. The first-order valence-electron chi connectivity index (χ1n) is 8.38. The fraction of sp³-hybridized carbons (Fsp3) is 0.562. The van der Waals surface area contributed by atoms with Crippen LogP contribution in [0.3, 0.4) is 0 Å². The second kappa shape index (κ2) is 8.80. The maximum Gasteiger partial charge on any atom is 0.269 e. The Hall–Kier alpha value is -2.16. The Balaban J connectivity index is 2.00. The van der Waals surface area contributed by atoms with Gasteiger partial charge in [0.1, 0.15) is 0 Å². The first-order chi connectivity index (χ1) is 11.9. The molecule has 0 saturated carbocycles. The summed E-state index contributed by atoms with van der Waals surface area (Å²) < 4.78 is 23.2. The van der Waals surface area contributed by atoms with Crippen molar-refractivity contribution in [2.45, 2.75) is 38.8 Å². The number of unbranched alkanes of at least 4 members (excludes halogenated alkanes) is 1. The Morgan fingerprint density at radius 3 is 2.64 bits per heavy atom. The third-order valence-electron chi connectivity index (χ3n) is 3.96. The van der Waals surface area contributed by atoms with Crippen molar-refractivity contribution < 1.29 is 13.3 Å². The lowest BCUT2D eigenvalue weighted by atomic mass is 10.2. The number of nitrogens with one attached hydrogen (secondary N) is 2. The van der Waals surface area contributed by atoms with E-state index in [1.165, 1.54) is 12.1 Å². The van der Waals surface area contributed by atoms with Gasteiger partial charge in [0.15, 0.2) is 15.8 Å². The molecule has 1 aliphatic heterocycles. The highest BCUT2D eigenvalue weighted by molar-refractivity contribution is 7.91. The molecule has 25 heavy (non-hydrogen) atoms. The quantitative estimate of drug-likeness (QED) is 0.248. The zero-order valence-corrected chi connectivity index (χ0v) is 15.1. The molecule has 1 aromatic rings. The Bertz CT molecular complexity index is 716. The van der Waals surface area contributed by atoms with Gasteiger partial charge in [-0.25, -0.2) is 13.4 Å². The van der Waals surface area contributed by atoms with Crippen LogP contribution in [-0.4, -0.2) is 43.4 Å². The van der Waals surface area contributed by atoms with E-state index in [9.17, 15) is 18.5 Å². The number of guanidine groups is 1. The molecule has 1 aromatic carbocycles. The molecule has 1 atom stereocenters. The molecule has 0 spiro atoms. The van der Waals surface area contributed by atoms with Gasteiger partial charge >= 0.3 is 0 Å². The normalized spacial score (nSPS) is 19.6. The minimum atomic E-state index is -2.96. The van der Waals surface area contributed by atoms with Crippen molar-refractivity contribution in [1.29, 1.82) is 0 Å². The van der Waals surface area contributed by atoms with E-state index in [-0.39, 0.29) is 23.2 Å². The number of non-ortho nitro benzene ring substituents is 1. The van der Waals surface area contributed by atoms with Crippen molar-refractivity contribution in [2.24, 2.45) is 4.99 Å². The van der Waals surface area contributed by atoms with Crippen molar-refractivity contribution >= 4 is 21.5 Å². The minimum absolute atomic E-state index is 0.0447. The molecule has 0 radical (unpaired) electrons. The largest absolute Gasteiger partial charge is 0.356 e. The van der Waals surface area contributed by atoms with Gasteiger partial charge in [-0.1, -0.05) is 25.5 Å². The molecule has 2 rings (SSSR count). The maximum absolute atomic E-state index is 11.6. The monoisotopic (exact) mass is 368 g/mol. The van der Waals surface area contributed by atoms with Crippen molar-refractivity contribution in [3.8, 4) is 0 Å². The standard InChI is InChI=1S/C16H24N4O4S/c1-2-3-9-17-16(19-14-8-10-25(23,24)12-14)18-11-13-4-6-15(7-5-13)20(21)22/h4-7,14H,2-3,8-12H2,1H3,(H2,17,18,19). The lowest BCUT2D eigenvalue weighted by Crippen LogP contribution is -2.44. The molecule has 9 heteroatoms. The highest BCUT2D eigenvalue weighted by Gasteiger charge is 2.28. The molecule has 0 amide bonds. The van der Waals surface area contributed by atoms with Gasteiger partial charge in [-0.3, -0.25) is 10.1 Å². The number of aliphatic imine (C=N–C) groups is 1. The van der Waals surface area contributed by atoms with Crippen molar-refractivity contribution in [3.63, 3.8) is 0 Å². The molecule has 1 unspecified atom stereocenters. The fourth-order valence-corrected chi connectivity index (χ4v) is 4.21. The van der Waals surface area contributed by atoms with Gasteiger partial charge in [-0.2, -0.15) is 0 Å². The number of rotatable bonds is 7. The summed E-state index contributed by atoms with van der Waals surface area (Å²) in [7, 11) is -2.96. The summed E-state index contributed by atoms with van der Waals surface area (Å²) in [6, 6.07) is 6.11. The van der Waals surface area contributed by atoms with Crippen LogP contribution in [0.2, 0.25) is 0 Å². The van der Waals surface area contributed by atoms with E-state index >= 15 is 0 Å². The summed E-state index contributed by atoms with van der Waals surface area (Å²) in [4.78, 5) is 14.7. The molecular weight excluding hydrogens is 344 g/mol. The third-order valence-corrected chi connectivity index (χ3v) is 5.73. The molecular formula is C16H24N4O4S. The smallest absolute Gasteiger partial charge is 0.269 e. The summed E-state index contributed by atoms with van der Waals surface area (Å²) in [6.45, 7) is 3.20. The van der Waals surface area contributed by atoms with Gasteiger partial charge in [-0.05, 0) is 18.4 Å².